The highest BCUT2D eigenvalue weighted by Gasteiger charge is 2.35. The molecule has 100 valence electrons. The van der Waals surface area contributed by atoms with Gasteiger partial charge in [0.1, 0.15) is 5.75 Å². The third-order valence-electron chi connectivity index (χ3n) is 3.79. The molecule has 0 fully saturated rings. The van der Waals surface area contributed by atoms with Gasteiger partial charge in [0.2, 0.25) is 0 Å². The van der Waals surface area contributed by atoms with Gasteiger partial charge in [-0.15, -0.1) is 0 Å². The van der Waals surface area contributed by atoms with Gasteiger partial charge in [-0.1, -0.05) is 12.1 Å². The molecule has 0 amide bonds. The topological polar surface area (TPSA) is 49.9 Å². The van der Waals surface area contributed by atoms with Gasteiger partial charge in [0.05, 0.1) is 24.2 Å². The second-order valence-corrected chi connectivity index (χ2v) is 4.99. The van der Waals surface area contributed by atoms with Crippen LogP contribution in [0.1, 0.15) is 30.8 Å². The lowest BCUT2D eigenvalue weighted by Gasteiger charge is -2.34. The molecule has 1 atom stereocenters. The van der Waals surface area contributed by atoms with Crippen LogP contribution in [0.3, 0.4) is 0 Å². The number of H-pyrrole nitrogens is 1. The second kappa shape index (κ2) is 4.70. The van der Waals surface area contributed by atoms with Crippen molar-refractivity contribution in [2.75, 3.05) is 13.2 Å². The number of fused-ring (bicyclic) bond motifs is 1. The SMILES string of the molecule is CCOc1ccc(C2(C)NCCc3[nH]cnc32)cc1. The molecule has 1 aliphatic heterocycles. The highest BCUT2D eigenvalue weighted by Crippen LogP contribution is 2.33. The number of nitrogens with zero attached hydrogens (tertiary/aromatic N) is 1. The van der Waals surface area contributed by atoms with Crippen LogP contribution in [-0.2, 0) is 12.0 Å². The summed E-state index contributed by atoms with van der Waals surface area (Å²) in [5, 5.41) is 3.58. The lowest BCUT2D eigenvalue weighted by atomic mass is 9.84. The molecular weight excluding hydrogens is 238 g/mol. The van der Waals surface area contributed by atoms with E-state index in [0.29, 0.717) is 6.61 Å². The van der Waals surface area contributed by atoms with Crippen LogP contribution < -0.4 is 10.1 Å². The number of rotatable bonds is 3. The number of benzene rings is 1. The molecule has 0 spiro atoms. The van der Waals surface area contributed by atoms with Gasteiger partial charge in [-0.3, -0.25) is 0 Å². The Bertz CT molecular complexity index is 561. The fourth-order valence-electron chi connectivity index (χ4n) is 2.75. The van der Waals surface area contributed by atoms with Crippen molar-refractivity contribution in [1.29, 1.82) is 0 Å². The van der Waals surface area contributed by atoms with Crippen molar-refractivity contribution in [1.82, 2.24) is 15.3 Å². The maximum atomic E-state index is 5.49. The minimum absolute atomic E-state index is 0.224. The Morgan fingerprint density at radius 1 is 1.32 bits per heavy atom. The maximum Gasteiger partial charge on any atom is 0.119 e. The molecule has 1 unspecified atom stereocenters. The summed E-state index contributed by atoms with van der Waals surface area (Å²) in [6.07, 6.45) is 2.78. The van der Waals surface area contributed by atoms with E-state index in [0.717, 1.165) is 24.4 Å². The van der Waals surface area contributed by atoms with E-state index in [9.17, 15) is 0 Å². The number of ether oxygens (including phenoxy) is 1. The molecule has 0 saturated carbocycles. The molecule has 2 N–H and O–H groups in total. The fourth-order valence-corrected chi connectivity index (χ4v) is 2.75. The first kappa shape index (κ1) is 12.2. The number of aromatic amines is 1. The highest BCUT2D eigenvalue weighted by atomic mass is 16.5. The van der Waals surface area contributed by atoms with Crippen LogP contribution in [0.5, 0.6) is 5.75 Å². The number of imidazole rings is 1. The van der Waals surface area contributed by atoms with Crippen LogP contribution in [0.4, 0.5) is 0 Å². The monoisotopic (exact) mass is 257 g/mol. The van der Waals surface area contributed by atoms with Gasteiger partial charge >= 0.3 is 0 Å². The molecule has 1 aromatic heterocycles. The van der Waals surface area contributed by atoms with Crippen LogP contribution in [0, 0.1) is 0 Å². The van der Waals surface area contributed by atoms with Gasteiger partial charge in [-0.05, 0) is 31.5 Å². The smallest absolute Gasteiger partial charge is 0.119 e. The largest absolute Gasteiger partial charge is 0.494 e. The molecule has 2 aromatic rings. The number of hydrogen-bond donors (Lipinski definition) is 2. The van der Waals surface area contributed by atoms with Crippen molar-refractivity contribution < 1.29 is 4.74 Å². The van der Waals surface area contributed by atoms with E-state index in [2.05, 4.69) is 34.3 Å². The third-order valence-corrected chi connectivity index (χ3v) is 3.79. The molecule has 0 bridgehead atoms. The molecule has 0 radical (unpaired) electrons. The standard InChI is InChI=1S/C15H19N3O/c1-3-19-12-6-4-11(5-7-12)15(2)14-13(8-9-18-15)16-10-17-14/h4-7,10,18H,3,8-9H2,1-2H3,(H,16,17). The first-order chi connectivity index (χ1) is 9.24. The van der Waals surface area contributed by atoms with Crippen molar-refractivity contribution >= 4 is 0 Å². The van der Waals surface area contributed by atoms with Gasteiger partial charge in [-0.25, -0.2) is 4.98 Å². The Labute approximate surface area is 113 Å². The summed E-state index contributed by atoms with van der Waals surface area (Å²) in [7, 11) is 0. The van der Waals surface area contributed by atoms with Crippen molar-refractivity contribution in [3.8, 4) is 5.75 Å². The first-order valence-corrected chi connectivity index (χ1v) is 6.75. The number of hydrogen-bond acceptors (Lipinski definition) is 3. The summed E-state index contributed by atoms with van der Waals surface area (Å²) in [6, 6.07) is 8.27. The van der Waals surface area contributed by atoms with E-state index in [-0.39, 0.29) is 5.54 Å². The Hall–Kier alpha value is -1.81. The lowest BCUT2D eigenvalue weighted by Crippen LogP contribution is -2.46. The molecule has 0 saturated heterocycles. The summed E-state index contributed by atoms with van der Waals surface area (Å²) in [6.45, 7) is 5.83. The molecule has 3 rings (SSSR count). The van der Waals surface area contributed by atoms with Crippen molar-refractivity contribution in [2.45, 2.75) is 25.8 Å². The van der Waals surface area contributed by atoms with Gasteiger partial charge in [0.15, 0.2) is 0 Å². The highest BCUT2D eigenvalue weighted by molar-refractivity contribution is 5.40. The van der Waals surface area contributed by atoms with Crippen LogP contribution in [0.2, 0.25) is 0 Å². The molecule has 1 aromatic carbocycles. The van der Waals surface area contributed by atoms with Gasteiger partial charge in [0, 0.05) is 18.7 Å². The van der Waals surface area contributed by atoms with Crippen molar-refractivity contribution in [2.24, 2.45) is 0 Å². The Kier molecular flexibility index (Phi) is 3.03. The Morgan fingerprint density at radius 2 is 2.11 bits per heavy atom. The summed E-state index contributed by atoms with van der Waals surface area (Å²) in [4.78, 5) is 7.73. The molecule has 4 heteroatoms. The van der Waals surface area contributed by atoms with Crippen LogP contribution in [-0.4, -0.2) is 23.1 Å². The lowest BCUT2D eigenvalue weighted by molar-refractivity contribution is 0.339. The molecule has 1 aliphatic rings. The average Bonchev–Trinajstić information content (AvgIpc) is 2.90. The summed E-state index contributed by atoms with van der Waals surface area (Å²) < 4.78 is 5.49. The van der Waals surface area contributed by atoms with E-state index >= 15 is 0 Å². The minimum atomic E-state index is -0.224. The second-order valence-electron chi connectivity index (χ2n) is 4.99. The Morgan fingerprint density at radius 3 is 2.84 bits per heavy atom. The third kappa shape index (κ3) is 2.02. The van der Waals surface area contributed by atoms with Crippen LogP contribution in [0.15, 0.2) is 30.6 Å². The first-order valence-electron chi connectivity index (χ1n) is 6.75. The van der Waals surface area contributed by atoms with Gasteiger partial charge in [-0.2, -0.15) is 0 Å². The molecule has 2 heterocycles. The normalized spacial score (nSPS) is 22.0. The zero-order valence-corrected chi connectivity index (χ0v) is 11.4. The average molecular weight is 257 g/mol. The van der Waals surface area contributed by atoms with E-state index in [4.69, 9.17) is 4.74 Å². The zero-order chi connectivity index (χ0) is 13.3. The molecule has 19 heavy (non-hydrogen) atoms. The molecular formula is C15H19N3O. The van der Waals surface area contributed by atoms with Crippen LogP contribution in [0.25, 0.3) is 0 Å². The summed E-state index contributed by atoms with van der Waals surface area (Å²) in [5.74, 6) is 0.910. The molecule has 0 aliphatic carbocycles. The maximum absolute atomic E-state index is 5.49. The molecule has 4 nitrogen and oxygen atoms in total. The quantitative estimate of drug-likeness (QED) is 0.886. The van der Waals surface area contributed by atoms with E-state index < -0.39 is 0 Å². The number of nitrogens with one attached hydrogen (secondary N) is 2. The summed E-state index contributed by atoms with van der Waals surface area (Å²) in [5.41, 5.74) is 3.32. The minimum Gasteiger partial charge on any atom is -0.494 e. The van der Waals surface area contributed by atoms with E-state index in [1.165, 1.54) is 11.3 Å². The Balaban J connectivity index is 1.98. The number of aromatic nitrogens is 2. The van der Waals surface area contributed by atoms with E-state index in [1.807, 2.05) is 19.1 Å². The predicted octanol–water partition coefficient (Wildman–Crippen LogP) is 2.22. The van der Waals surface area contributed by atoms with Crippen molar-refractivity contribution in [3.05, 3.63) is 47.5 Å². The van der Waals surface area contributed by atoms with E-state index in [1.54, 1.807) is 6.33 Å². The van der Waals surface area contributed by atoms with Gasteiger partial charge < -0.3 is 15.0 Å². The van der Waals surface area contributed by atoms with Gasteiger partial charge in [0.25, 0.3) is 0 Å². The van der Waals surface area contributed by atoms with Crippen molar-refractivity contribution in [3.63, 3.8) is 0 Å². The summed E-state index contributed by atoms with van der Waals surface area (Å²) >= 11 is 0. The zero-order valence-electron chi connectivity index (χ0n) is 11.4. The predicted molar refractivity (Wildman–Crippen MR) is 74.4 cm³/mol. The van der Waals surface area contributed by atoms with Crippen LogP contribution >= 0.6 is 0 Å². The fraction of sp³-hybridized carbons (Fsp3) is 0.400.